The summed E-state index contributed by atoms with van der Waals surface area (Å²) >= 11 is 1.72. The second kappa shape index (κ2) is 6.16. The molecule has 0 aromatic carbocycles. The van der Waals surface area contributed by atoms with Crippen molar-refractivity contribution in [1.29, 1.82) is 0 Å². The molecule has 0 bridgehead atoms. The van der Waals surface area contributed by atoms with Gasteiger partial charge in [0.1, 0.15) is 12.1 Å². The fraction of sp³-hybridized carbons (Fsp3) is 0.857. The highest BCUT2D eigenvalue weighted by molar-refractivity contribution is 7.98. The van der Waals surface area contributed by atoms with Crippen LogP contribution in [0.2, 0.25) is 0 Å². The molecule has 1 saturated heterocycles. The number of rotatable bonds is 4. The first-order valence-corrected chi connectivity index (χ1v) is 8.24. The van der Waals surface area contributed by atoms with Crippen LogP contribution in [0.1, 0.15) is 41.0 Å². The van der Waals surface area contributed by atoms with E-state index < -0.39 is 6.04 Å². The average Bonchev–Trinajstić information content (AvgIpc) is 2.31. The molecule has 0 aromatic heterocycles. The van der Waals surface area contributed by atoms with Gasteiger partial charge in [0.2, 0.25) is 11.8 Å². The predicted octanol–water partition coefficient (Wildman–Crippen LogP) is 1.89. The minimum atomic E-state index is -0.424. The summed E-state index contributed by atoms with van der Waals surface area (Å²) in [5, 5.41) is 2.87. The van der Waals surface area contributed by atoms with Gasteiger partial charge in [0.15, 0.2) is 0 Å². The summed E-state index contributed by atoms with van der Waals surface area (Å²) in [5.41, 5.74) is -0.261. The molecule has 1 rings (SSSR count). The Morgan fingerprint density at radius 2 is 1.95 bits per heavy atom. The van der Waals surface area contributed by atoms with Crippen LogP contribution in [-0.4, -0.2) is 46.8 Å². The Morgan fingerprint density at radius 1 is 1.37 bits per heavy atom. The summed E-state index contributed by atoms with van der Waals surface area (Å²) in [4.78, 5) is 26.6. The van der Waals surface area contributed by atoms with Crippen LogP contribution >= 0.6 is 11.8 Å². The zero-order valence-electron chi connectivity index (χ0n) is 12.8. The highest BCUT2D eigenvalue weighted by Crippen LogP contribution is 2.27. The second-order valence-electron chi connectivity index (χ2n) is 6.25. The number of hydrogen-bond donors (Lipinski definition) is 1. The summed E-state index contributed by atoms with van der Waals surface area (Å²) in [6.45, 7) is 9.84. The minimum Gasteiger partial charge on any atom is -0.342 e. The molecule has 0 saturated carbocycles. The van der Waals surface area contributed by atoms with Crippen LogP contribution in [-0.2, 0) is 9.59 Å². The fourth-order valence-electron chi connectivity index (χ4n) is 2.46. The van der Waals surface area contributed by atoms with E-state index in [1.54, 1.807) is 16.7 Å². The van der Waals surface area contributed by atoms with Crippen LogP contribution in [0, 0.1) is 5.41 Å². The number of nitrogens with one attached hydrogen (secondary N) is 1. The Kier molecular flexibility index (Phi) is 5.30. The molecule has 2 amide bonds. The third kappa shape index (κ3) is 3.44. The molecular formula is C14H26N2O2S. The van der Waals surface area contributed by atoms with E-state index in [9.17, 15) is 9.59 Å². The van der Waals surface area contributed by atoms with E-state index in [-0.39, 0.29) is 29.3 Å². The number of hydrogen-bond acceptors (Lipinski definition) is 3. The molecule has 1 heterocycles. The van der Waals surface area contributed by atoms with Gasteiger partial charge in [0, 0.05) is 11.8 Å². The molecule has 19 heavy (non-hydrogen) atoms. The van der Waals surface area contributed by atoms with Gasteiger partial charge in [-0.2, -0.15) is 11.8 Å². The third-order valence-corrected chi connectivity index (χ3v) is 4.39. The second-order valence-corrected chi connectivity index (χ2v) is 7.16. The fourth-order valence-corrected chi connectivity index (χ4v) is 3.24. The molecule has 0 aliphatic carbocycles. The Labute approximate surface area is 120 Å². The lowest BCUT2D eigenvalue weighted by molar-refractivity contribution is -0.154. The summed E-state index contributed by atoms with van der Waals surface area (Å²) in [7, 11) is 0. The van der Waals surface area contributed by atoms with Crippen molar-refractivity contribution in [1.82, 2.24) is 10.2 Å². The molecule has 3 unspecified atom stereocenters. The Hall–Kier alpha value is -0.710. The first kappa shape index (κ1) is 16.3. The van der Waals surface area contributed by atoms with Gasteiger partial charge in [-0.1, -0.05) is 27.7 Å². The quantitative estimate of drug-likeness (QED) is 0.858. The molecule has 5 heteroatoms. The summed E-state index contributed by atoms with van der Waals surface area (Å²) in [6, 6.07) is -0.663. The van der Waals surface area contributed by atoms with Crippen molar-refractivity contribution in [2.45, 2.75) is 59.2 Å². The summed E-state index contributed by atoms with van der Waals surface area (Å²) < 4.78 is 0. The van der Waals surface area contributed by atoms with Crippen LogP contribution in [0.15, 0.2) is 0 Å². The van der Waals surface area contributed by atoms with Gasteiger partial charge in [-0.15, -0.1) is 0 Å². The molecule has 0 spiro atoms. The van der Waals surface area contributed by atoms with Crippen LogP contribution < -0.4 is 5.32 Å². The Morgan fingerprint density at radius 3 is 2.37 bits per heavy atom. The lowest BCUT2D eigenvalue weighted by Crippen LogP contribution is -2.68. The number of carbonyl (C=O) groups excluding carboxylic acids is 2. The minimum absolute atomic E-state index is 0.0425. The van der Waals surface area contributed by atoms with Crippen molar-refractivity contribution in [3.8, 4) is 0 Å². The zero-order chi connectivity index (χ0) is 14.8. The number of amides is 2. The van der Waals surface area contributed by atoms with Crippen molar-refractivity contribution in [3.63, 3.8) is 0 Å². The maximum atomic E-state index is 12.7. The van der Waals surface area contributed by atoms with Crippen LogP contribution in [0.25, 0.3) is 0 Å². The van der Waals surface area contributed by atoms with E-state index in [1.165, 1.54) is 0 Å². The van der Waals surface area contributed by atoms with Gasteiger partial charge in [0.05, 0.1) is 0 Å². The highest BCUT2D eigenvalue weighted by Gasteiger charge is 2.45. The maximum Gasteiger partial charge on any atom is 0.246 e. The van der Waals surface area contributed by atoms with Crippen molar-refractivity contribution in [2.24, 2.45) is 5.41 Å². The first-order valence-electron chi connectivity index (χ1n) is 6.85. The highest BCUT2D eigenvalue weighted by atomic mass is 32.2. The standard InChI is InChI=1S/C14H26N2O2S/c1-7-10(8-19-6)16-9(2)12(17)15-11(13(16)18)14(3,4)5/h9-11H,7-8H2,1-6H3,(H,15,17). The van der Waals surface area contributed by atoms with Crippen LogP contribution in [0.4, 0.5) is 0 Å². The molecule has 1 fully saturated rings. The molecule has 0 aromatic rings. The monoisotopic (exact) mass is 286 g/mol. The molecule has 110 valence electrons. The Balaban J connectivity index is 3.05. The lowest BCUT2D eigenvalue weighted by atomic mass is 9.83. The summed E-state index contributed by atoms with van der Waals surface area (Å²) in [6.07, 6.45) is 2.91. The van der Waals surface area contributed by atoms with Crippen molar-refractivity contribution in [3.05, 3.63) is 0 Å². The van der Waals surface area contributed by atoms with E-state index in [1.807, 2.05) is 34.0 Å². The van der Waals surface area contributed by atoms with E-state index in [0.717, 1.165) is 12.2 Å². The zero-order valence-corrected chi connectivity index (χ0v) is 13.6. The maximum absolute atomic E-state index is 12.7. The topological polar surface area (TPSA) is 49.4 Å². The molecule has 1 N–H and O–H groups in total. The number of thioether (sulfide) groups is 1. The van der Waals surface area contributed by atoms with E-state index in [0.29, 0.717) is 0 Å². The molecular weight excluding hydrogens is 260 g/mol. The van der Waals surface area contributed by atoms with Crippen molar-refractivity contribution >= 4 is 23.6 Å². The van der Waals surface area contributed by atoms with Gasteiger partial charge in [-0.3, -0.25) is 9.59 Å². The average molecular weight is 286 g/mol. The molecule has 0 radical (unpaired) electrons. The first-order chi connectivity index (χ1) is 8.73. The molecule has 3 atom stereocenters. The van der Waals surface area contributed by atoms with Gasteiger partial charge >= 0.3 is 0 Å². The van der Waals surface area contributed by atoms with E-state index in [4.69, 9.17) is 0 Å². The molecule has 1 aliphatic heterocycles. The molecule has 4 nitrogen and oxygen atoms in total. The van der Waals surface area contributed by atoms with Crippen LogP contribution in [0.3, 0.4) is 0 Å². The smallest absolute Gasteiger partial charge is 0.246 e. The van der Waals surface area contributed by atoms with Crippen molar-refractivity contribution < 1.29 is 9.59 Å². The third-order valence-electron chi connectivity index (χ3n) is 3.67. The summed E-state index contributed by atoms with van der Waals surface area (Å²) in [5.74, 6) is 0.885. The van der Waals surface area contributed by atoms with Gasteiger partial charge in [-0.05, 0) is 25.0 Å². The van der Waals surface area contributed by atoms with Gasteiger partial charge in [0.25, 0.3) is 0 Å². The van der Waals surface area contributed by atoms with Gasteiger partial charge < -0.3 is 10.2 Å². The number of piperazine rings is 1. The number of carbonyl (C=O) groups is 2. The Bertz CT molecular complexity index is 352. The van der Waals surface area contributed by atoms with E-state index >= 15 is 0 Å². The lowest BCUT2D eigenvalue weighted by Gasteiger charge is -2.45. The van der Waals surface area contributed by atoms with Gasteiger partial charge in [-0.25, -0.2) is 0 Å². The molecule has 1 aliphatic rings. The predicted molar refractivity (Wildman–Crippen MR) is 80.2 cm³/mol. The largest absolute Gasteiger partial charge is 0.342 e. The van der Waals surface area contributed by atoms with E-state index in [2.05, 4.69) is 12.2 Å². The van der Waals surface area contributed by atoms with Crippen molar-refractivity contribution in [2.75, 3.05) is 12.0 Å². The number of nitrogens with zero attached hydrogens (tertiary/aromatic N) is 1. The SMILES string of the molecule is CCC(CSC)N1C(=O)C(C(C)(C)C)NC(=O)C1C. The normalized spacial score (nSPS) is 26.3. The van der Waals surface area contributed by atoms with Crippen LogP contribution in [0.5, 0.6) is 0 Å².